The molecule has 8 aromatic rings. The van der Waals surface area contributed by atoms with E-state index in [0.29, 0.717) is 50.7 Å². The summed E-state index contributed by atoms with van der Waals surface area (Å²) in [7, 11) is 0. The Kier molecular flexibility index (Phi) is 7.34. The van der Waals surface area contributed by atoms with Crippen molar-refractivity contribution >= 4 is 50.7 Å². The fraction of sp³-hybridized carbons (Fsp3) is 0.212. The van der Waals surface area contributed by atoms with Crippen LogP contribution in [0, 0.1) is 13.7 Å². The van der Waals surface area contributed by atoms with Gasteiger partial charge in [0.15, 0.2) is 0 Å². The van der Waals surface area contributed by atoms with Gasteiger partial charge in [0.25, 0.3) is 17.3 Å². The van der Waals surface area contributed by atoms with Crippen molar-refractivity contribution in [1.82, 2.24) is 23.7 Å². The Balaban J connectivity index is 1.25. The fourth-order valence-corrected chi connectivity index (χ4v) is 7.93. The molecule has 292 valence electrons. The van der Waals surface area contributed by atoms with Crippen LogP contribution in [0.3, 0.4) is 0 Å². The van der Waals surface area contributed by atoms with Gasteiger partial charge in [0.2, 0.25) is 11.4 Å². The molecule has 9 rings (SSSR count). The van der Waals surface area contributed by atoms with E-state index < -0.39 is 25.0 Å². The van der Waals surface area contributed by atoms with Gasteiger partial charge >= 0.3 is 6.01 Å². The number of fused-ring (bicyclic) bond motifs is 4. The van der Waals surface area contributed by atoms with E-state index in [1.807, 2.05) is 92.1 Å². The molecule has 0 radical (unpaired) electrons. The normalized spacial score (nSPS) is 15.1. The molecule has 0 saturated carbocycles. The summed E-state index contributed by atoms with van der Waals surface area (Å²) in [6, 6.07) is 40.2. The first-order valence-electron chi connectivity index (χ1n) is 22.6. The number of rotatable bonds is 6. The lowest BCUT2D eigenvalue weighted by Crippen LogP contribution is -2.19. The summed E-state index contributed by atoms with van der Waals surface area (Å²) in [6.45, 7) is 6.99. The van der Waals surface area contributed by atoms with Crippen molar-refractivity contribution < 1.29 is 17.0 Å². The van der Waals surface area contributed by atoms with Crippen molar-refractivity contribution in [2.45, 2.75) is 72.0 Å². The second kappa shape index (κ2) is 13.8. The number of aryl methyl sites for hydroxylation is 2. The third kappa shape index (κ3) is 6.47. The van der Waals surface area contributed by atoms with Crippen LogP contribution in [0.4, 0.5) is 31.5 Å². The van der Waals surface area contributed by atoms with Gasteiger partial charge in [-0.1, -0.05) is 102 Å². The van der Waals surface area contributed by atoms with Crippen LogP contribution in [-0.2, 0) is 16.8 Å². The minimum Gasteiger partial charge on any atom is -0.292 e. The molecular formula is C52H47F2N5+2. The first-order valence-corrected chi connectivity index (χ1v) is 19.6. The molecule has 0 fully saturated rings. The van der Waals surface area contributed by atoms with Crippen molar-refractivity contribution in [3.63, 3.8) is 0 Å². The van der Waals surface area contributed by atoms with Crippen LogP contribution in [0.1, 0.15) is 83.1 Å². The molecule has 1 aliphatic heterocycles. The first kappa shape index (κ1) is 31.4. The molecule has 0 atom stereocenters. The monoisotopic (exact) mass is 785 g/mol. The molecule has 0 spiro atoms. The highest BCUT2D eigenvalue weighted by Gasteiger charge is 2.41. The average molecular weight is 786 g/mol. The number of para-hydroxylation sites is 4. The molecular weight excluding hydrogens is 733 g/mol. The van der Waals surface area contributed by atoms with Crippen LogP contribution >= 0.6 is 0 Å². The number of halogens is 2. The van der Waals surface area contributed by atoms with Crippen LogP contribution in [0.15, 0.2) is 140 Å². The van der Waals surface area contributed by atoms with Gasteiger partial charge in [-0.3, -0.25) is 9.55 Å². The quantitative estimate of drug-likeness (QED) is 0.157. The van der Waals surface area contributed by atoms with Gasteiger partial charge in [-0.15, -0.1) is 0 Å². The number of aromatic nitrogens is 3. The Morgan fingerprint density at radius 3 is 1.95 bits per heavy atom. The van der Waals surface area contributed by atoms with Crippen LogP contribution in [0.25, 0.3) is 38.9 Å². The molecule has 4 heterocycles. The van der Waals surface area contributed by atoms with Crippen molar-refractivity contribution in [2.75, 3.05) is 0 Å². The highest BCUT2D eigenvalue weighted by Crippen LogP contribution is 2.45. The first-order chi connectivity index (χ1) is 30.5. The molecule has 5 nitrogen and oxygen atoms in total. The van der Waals surface area contributed by atoms with Crippen molar-refractivity contribution in [1.29, 1.82) is 0 Å². The minimum absolute atomic E-state index is 0.0831. The molecule has 59 heavy (non-hydrogen) atoms. The zero-order chi connectivity index (χ0) is 46.4. The molecule has 0 amide bonds. The Bertz CT molecular complexity index is 3260. The number of benzene rings is 5. The number of hydrogen-bond donors (Lipinski definition) is 0. The maximum Gasteiger partial charge on any atom is 0.503 e. The van der Waals surface area contributed by atoms with Gasteiger partial charge in [0, 0.05) is 67.5 Å². The molecule has 0 saturated heterocycles. The van der Waals surface area contributed by atoms with Gasteiger partial charge in [-0.25, -0.2) is 4.98 Å². The smallest absolute Gasteiger partial charge is 0.292 e. The highest BCUT2D eigenvalue weighted by molar-refractivity contribution is 6.07. The number of hydrogen-bond acceptors (Lipinski definition) is 2. The van der Waals surface area contributed by atoms with Crippen LogP contribution < -0.4 is 9.15 Å². The van der Waals surface area contributed by atoms with E-state index in [0.717, 1.165) is 16.5 Å². The summed E-state index contributed by atoms with van der Waals surface area (Å²) in [5.74, 6) is -2.93. The molecule has 1 aliphatic rings. The van der Waals surface area contributed by atoms with Crippen molar-refractivity contribution in [3.05, 3.63) is 173 Å². The second-order valence-corrected chi connectivity index (χ2v) is 17.2. The lowest BCUT2D eigenvalue weighted by Gasteiger charge is -2.23. The topological polar surface area (TPSA) is 36.7 Å². The SMILES string of the molecule is [2H]C([2H])([2H])c1cccc(C([2H])([2H])[2H])c1-c1ccccc1[N+]1=C=[N+](c2cc(C(C)(C)C)cc(C(F)(F)c3cnc4c5ccccc5n(-c5cc(C(C)(C)C)ccn5)c4c3)c2)c2ccccc21. The van der Waals surface area contributed by atoms with E-state index in [9.17, 15) is 0 Å². The van der Waals surface area contributed by atoms with Crippen molar-refractivity contribution in [2.24, 2.45) is 0 Å². The van der Waals surface area contributed by atoms with Gasteiger partial charge in [0.1, 0.15) is 5.82 Å². The summed E-state index contributed by atoms with van der Waals surface area (Å²) in [4.78, 5) is 9.43. The van der Waals surface area contributed by atoms with Gasteiger partial charge < -0.3 is 0 Å². The number of alkyl halides is 2. The predicted molar refractivity (Wildman–Crippen MR) is 239 cm³/mol. The molecule has 5 aromatic carbocycles. The molecule has 0 aliphatic carbocycles. The lowest BCUT2D eigenvalue weighted by molar-refractivity contribution is 0.0425. The van der Waals surface area contributed by atoms with E-state index in [1.165, 1.54) is 36.5 Å². The van der Waals surface area contributed by atoms with E-state index >= 15 is 8.78 Å². The molecule has 7 heteroatoms. The number of nitrogens with zero attached hydrogens (tertiary/aromatic N) is 5. The molecule has 0 unspecified atom stereocenters. The van der Waals surface area contributed by atoms with Gasteiger partial charge in [-0.05, 0) is 97.9 Å². The average Bonchev–Trinajstić information content (AvgIpc) is 3.81. The lowest BCUT2D eigenvalue weighted by atomic mass is 9.84. The maximum absolute atomic E-state index is 17.6. The van der Waals surface area contributed by atoms with E-state index in [2.05, 4.69) is 26.8 Å². The third-order valence-electron chi connectivity index (χ3n) is 11.2. The Hall–Kier alpha value is -6.56. The molecule has 3 aromatic heterocycles. The van der Waals surface area contributed by atoms with Crippen molar-refractivity contribution in [3.8, 4) is 16.9 Å². The highest BCUT2D eigenvalue weighted by atomic mass is 19.3. The Morgan fingerprint density at radius 1 is 0.593 bits per heavy atom. The molecule has 0 N–H and O–H groups in total. The zero-order valence-electron chi connectivity index (χ0n) is 39.8. The minimum atomic E-state index is -3.53. The zero-order valence-corrected chi connectivity index (χ0v) is 33.8. The van der Waals surface area contributed by atoms with Gasteiger partial charge in [-0.2, -0.15) is 8.78 Å². The van der Waals surface area contributed by atoms with E-state index in [1.54, 1.807) is 45.7 Å². The van der Waals surface area contributed by atoms with E-state index in [4.69, 9.17) is 18.2 Å². The molecule has 0 bridgehead atoms. The predicted octanol–water partition coefficient (Wildman–Crippen LogP) is 13.4. The van der Waals surface area contributed by atoms with Crippen LogP contribution in [0.5, 0.6) is 0 Å². The largest absolute Gasteiger partial charge is 0.503 e. The summed E-state index contributed by atoms with van der Waals surface area (Å²) >= 11 is 0. The maximum atomic E-state index is 17.6. The standard InChI is InChI=1S/C52H47F2N5/c1-33-16-15-17-34(2)48(33)40-18-9-11-20-42(40)58-32-57(44-22-13-14-23-45(44)58)39-27-36(51(6,7)8)26-37(28-39)52(53,54)38-29-46-49(56-31-38)41-19-10-12-21-43(41)59(46)47-30-35(24-25-55-47)50(3,4)5/h9-31H,1-8H3/q+2/i1D3,2D3. The Labute approximate surface area is 352 Å². The van der Waals surface area contributed by atoms with Crippen LogP contribution in [-0.4, -0.2) is 20.5 Å². The van der Waals surface area contributed by atoms with E-state index in [-0.39, 0.29) is 33.2 Å². The van der Waals surface area contributed by atoms with Crippen LogP contribution in [0.2, 0.25) is 0 Å². The summed E-state index contributed by atoms with van der Waals surface area (Å²) < 4.78 is 90.9. The second-order valence-electron chi connectivity index (χ2n) is 17.2. The number of pyridine rings is 2. The summed E-state index contributed by atoms with van der Waals surface area (Å²) in [5.41, 5.74) is 4.68. The Morgan fingerprint density at radius 2 is 1.24 bits per heavy atom. The summed E-state index contributed by atoms with van der Waals surface area (Å²) in [6.07, 6.45) is 3.00. The third-order valence-corrected chi connectivity index (χ3v) is 11.2. The fourth-order valence-electron chi connectivity index (χ4n) is 7.93. The van der Waals surface area contributed by atoms with Gasteiger partial charge in [0.05, 0.1) is 22.1 Å². The summed E-state index contributed by atoms with van der Waals surface area (Å²) in [5, 5.41) is 0.818.